The third-order valence-electron chi connectivity index (χ3n) is 3.57. The second-order valence-corrected chi connectivity index (χ2v) is 7.42. The summed E-state index contributed by atoms with van der Waals surface area (Å²) < 4.78 is 27.7. The van der Waals surface area contributed by atoms with E-state index < -0.39 is 10.0 Å². The zero-order chi connectivity index (χ0) is 17.2. The van der Waals surface area contributed by atoms with Crippen LogP contribution in [0.3, 0.4) is 0 Å². The van der Waals surface area contributed by atoms with E-state index in [1.54, 1.807) is 24.4 Å². The number of hydrogen-bond donors (Lipinski definition) is 1. The molecule has 0 atom stereocenters. The predicted octanol–water partition coefficient (Wildman–Crippen LogP) is 4.51. The van der Waals surface area contributed by atoms with Gasteiger partial charge in [-0.05, 0) is 55.0 Å². The van der Waals surface area contributed by atoms with Crippen molar-refractivity contribution in [3.8, 4) is 11.3 Å². The topological polar surface area (TPSA) is 59.1 Å². The Morgan fingerprint density at radius 3 is 2.42 bits per heavy atom. The average Bonchev–Trinajstić information content (AvgIpc) is 2.58. The first-order chi connectivity index (χ1) is 11.5. The van der Waals surface area contributed by atoms with Crippen molar-refractivity contribution in [2.75, 3.05) is 4.72 Å². The molecule has 0 aliphatic carbocycles. The lowest BCUT2D eigenvalue weighted by Crippen LogP contribution is -2.13. The fourth-order valence-electron chi connectivity index (χ4n) is 2.24. The molecule has 1 heterocycles. The molecule has 6 heteroatoms. The number of aromatic nitrogens is 1. The Morgan fingerprint density at radius 2 is 1.75 bits per heavy atom. The number of anilines is 1. The van der Waals surface area contributed by atoms with E-state index in [0.717, 1.165) is 16.8 Å². The Kier molecular flexibility index (Phi) is 4.55. The normalized spacial score (nSPS) is 11.2. The van der Waals surface area contributed by atoms with Crippen LogP contribution in [0, 0.1) is 6.92 Å². The fourth-order valence-corrected chi connectivity index (χ4v) is 3.49. The van der Waals surface area contributed by atoms with Crippen LogP contribution in [-0.4, -0.2) is 13.4 Å². The number of sulfonamides is 1. The van der Waals surface area contributed by atoms with Crippen LogP contribution in [-0.2, 0) is 10.0 Å². The maximum absolute atomic E-state index is 12.5. The van der Waals surface area contributed by atoms with Crippen molar-refractivity contribution in [1.29, 1.82) is 0 Å². The molecule has 24 heavy (non-hydrogen) atoms. The van der Waals surface area contributed by atoms with Crippen molar-refractivity contribution in [2.24, 2.45) is 0 Å². The van der Waals surface area contributed by atoms with Crippen LogP contribution in [0.5, 0.6) is 0 Å². The molecule has 0 radical (unpaired) electrons. The van der Waals surface area contributed by atoms with Crippen LogP contribution in [0.4, 0.5) is 5.69 Å². The SMILES string of the molecule is Cc1ccc(-c2ccccn2)cc1NS(=O)(=O)c1ccc(Cl)cc1. The van der Waals surface area contributed by atoms with Crippen molar-refractivity contribution < 1.29 is 8.42 Å². The highest BCUT2D eigenvalue weighted by Gasteiger charge is 2.15. The molecule has 3 rings (SSSR count). The van der Waals surface area contributed by atoms with E-state index in [1.807, 2.05) is 37.3 Å². The first-order valence-electron chi connectivity index (χ1n) is 7.26. The molecule has 0 aliphatic heterocycles. The summed E-state index contributed by atoms with van der Waals surface area (Å²) >= 11 is 5.81. The van der Waals surface area contributed by atoms with E-state index in [0.29, 0.717) is 10.7 Å². The van der Waals surface area contributed by atoms with Gasteiger partial charge < -0.3 is 0 Å². The summed E-state index contributed by atoms with van der Waals surface area (Å²) in [5.74, 6) is 0. The van der Waals surface area contributed by atoms with E-state index in [9.17, 15) is 8.42 Å². The second kappa shape index (κ2) is 6.63. The Morgan fingerprint density at radius 1 is 1.00 bits per heavy atom. The Balaban J connectivity index is 1.96. The number of aryl methyl sites for hydroxylation is 1. The highest BCUT2D eigenvalue weighted by molar-refractivity contribution is 7.92. The molecular formula is C18H15ClN2O2S. The molecule has 0 unspecified atom stereocenters. The third kappa shape index (κ3) is 3.58. The van der Waals surface area contributed by atoms with Gasteiger partial charge in [0.05, 0.1) is 16.3 Å². The van der Waals surface area contributed by atoms with E-state index in [2.05, 4.69) is 9.71 Å². The smallest absolute Gasteiger partial charge is 0.261 e. The number of hydrogen-bond acceptors (Lipinski definition) is 3. The quantitative estimate of drug-likeness (QED) is 0.746. The van der Waals surface area contributed by atoms with Crippen molar-refractivity contribution in [3.05, 3.63) is 77.4 Å². The first kappa shape index (κ1) is 16.5. The third-order valence-corrected chi connectivity index (χ3v) is 5.20. The molecule has 2 aromatic carbocycles. The predicted molar refractivity (Wildman–Crippen MR) is 96.7 cm³/mol. The lowest BCUT2D eigenvalue weighted by molar-refractivity contribution is 0.601. The van der Waals surface area contributed by atoms with Crippen molar-refractivity contribution >= 4 is 27.3 Å². The number of halogens is 1. The fraction of sp³-hybridized carbons (Fsp3) is 0.0556. The van der Waals surface area contributed by atoms with Gasteiger partial charge in [0.25, 0.3) is 10.0 Å². The number of pyridine rings is 1. The van der Waals surface area contributed by atoms with Crippen LogP contribution < -0.4 is 4.72 Å². The van der Waals surface area contributed by atoms with E-state index in [4.69, 9.17) is 11.6 Å². The van der Waals surface area contributed by atoms with Gasteiger partial charge in [0.15, 0.2) is 0 Å². The van der Waals surface area contributed by atoms with Crippen LogP contribution in [0.1, 0.15) is 5.56 Å². The summed E-state index contributed by atoms with van der Waals surface area (Å²) in [6.07, 6.45) is 1.70. The van der Waals surface area contributed by atoms with Gasteiger partial charge in [-0.3, -0.25) is 9.71 Å². The summed E-state index contributed by atoms with van der Waals surface area (Å²) in [7, 11) is -3.68. The number of rotatable bonds is 4. The highest BCUT2D eigenvalue weighted by atomic mass is 35.5. The number of benzene rings is 2. The van der Waals surface area contributed by atoms with Crippen LogP contribution in [0.15, 0.2) is 71.8 Å². The Bertz CT molecular complexity index is 956. The van der Waals surface area contributed by atoms with E-state index in [-0.39, 0.29) is 4.90 Å². The monoisotopic (exact) mass is 358 g/mol. The van der Waals surface area contributed by atoms with Gasteiger partial charge in [-0.15, -0.1) is 0 Å². The maximum atomic E-state index is 12.5. The summed E-state index contributed by atoms with van der Waals surface area (Å²) in [5, 5.41) is 0.488. The second-order valence-electron chi connectivity index (χ2n) is 5.30. The van der Waals surface area contributed by atoms with Gasteiger partial charge in [0.2, 0.25) is 0 Å². The Hall–Kier alpha value is -2.37. The van der Waals surface area contributed by atoms with Crippen LogP contribution in [0.25, 0.3) is 11.3 Å². The van der Waals surface area contributed by atoms with Crippen LogP contribution >= 0.6 is 11.6 Å². The molecule has 0 bridgehead atoms. The zero-order valence-corrected chi connectivity index (χ0v) is 14.5. The number of nitrogens with zero attached hydrogens (tertiary/aromatic N) is 1. The summed E-state index contributed by atoms with van der Waals surface area (Å²) in [4.78, 5) is 4.45. The molecule has 4 nitrogen and oxygen atoms in total. The summed E-state index contributed by atoms with van der Waals surface area (Å²) in [6, 6.07) is 17.2. The molecule has 1 N–H and O–H groups in total. The molecule has 1 aromatic heterocycles. The van der Waals surface area contributed by atoms with Gasteiger partial charge in [-0.2, -0.15) is 0 Å². The molecule has 0 saturated carbocycles. The molecule has 3 aromatic rings. The summed E-state index contributed by atoms with van der Waals surface area (Å²) in [6.45, 7) is 1.85. The zero-order valence-electron chi connectivity index (χ0n) is 12.9. The van der Waals surface area contributed by atoms with Gasteiger partial charge in [0.1, 0.15) is 0 Å². The molecule has 0 spiro atoms. The summed E-state index contributed by atoms with van der Waals surface area (Å²) in [5.41, 5.74) is 2.97. The molecular weight excluding hydrogens is 344 g/mol. The van der Waals surface area contributed by atoms with Gasteiger partial charge >= 0.3 is 0 Å². The van der Waals surface area contributed by atoms with Gasteiger partial charge in [0, 0.05) is 16.8 Å². The molecule has 122 valence electrons. The average molecular weight is 359 g/mol. The minimum absolute atomic E-state index is 0.162. The lowest BCUT2D eigenvalue weighted by Gasteiger charge is -2.12. The molecule has 0 saturated heterocycles. The van der Waals surface area contributed by atoms with Crippen molar-refractivity contribution in [1.82, 2.24) is 4.98 Å². The molecule has 0 amide bonds. The highest BCUT2D eigenvalue weighted by Crippen LogP contribution is 2.26. The van der Waals surface area contributed by atoms with E-state index in [1.165, 1.54) is 12.1 Å². The molecule has 0 fully saturated rings. The minimum Gasteiger partial charge on any atom is -0.279 e. The lowest BCUT2D eigenvalue weighted by atomic mass is 10.1. The maximum Gasteiger partial charge on any atom is 0.261 e. The number of nitrogens with one attached hydrogen (secondary N) is 1. The van der Waals surface area contributed by atoms with E-state index >= 15 is 0 Å². The van der Waals surface area contributed by atoms with Crippen molar-refractivity contribution in [2.45, 2.75) is 11.8 Å². The van der Waals surface area contributed by atoms with Crippen LogP contribution in [0.2, 0.25) is 5.02 Å². The first-order valence-corrected chi connectivity index (χ1v) is 9.12. The molecule has 0 aliphatic rings. The van der Waals surface area contributed by atoms with Gasteiger partial charge in [-0.25, -0.2) is 8.42 Å². The van der Waals surface area contributed by atoms with Gasteiger partial charge in [-0.1, -0.05) is 29.8 Å². The largest absolute Gasteiger partial charge is 0.279 e. The minimum atomic E-state index is -3.68. The van der Waals surface area contributed by atoms with Crippen molar-refractivity contribution in [3.63, 3.8) is 0 Å². The Labute approximate surface area is 146 Å². The standard InChI is InChI=1S/C18H15ClN2O2S/c1-13-5-6-14(17-4-2-3-11-20-17)12-18(13)21-24(22,23)16-9-7-15(19)8-10-16/h2-12,21H,1H3.